The summed E-state index contributed by atoms with van der Waals surface area (Å²) in [6.07, 6.45) is 4.37. The summed E-state index contributed by atoms with van der Waals surface area (Å²) < 4.78 is 5.77. The van der Waals surface area contributed by atoms with Gasteiger partial charge in [-0.15, -0.1) is 0 Å². The van der Waals surface area contributed by atoms with Crippen molar-refractivity contribution in [2.45, 2.75) is 45.6 Å². The van der Waals surface area contributed by atoms with E-state index in [1.165, 1.54) is 0 Å². The van der Waals surface area contributed by atoms with Gasteiger partial charge in [-0.2, -0.15) is 4.98 Å². The van der Waals surface area contributed by atoms with Crippen LogP contribution in [-0.2, 0) is 4.79 Å². The smallest absolute Gasteiger partial charge is 0.298 e. The number of carbonyl (C=O) groups is 1. The van der Waals surface area contributed by atoms with Crippen LogP contribution < -0.4 is 10.2 Å². The van der Waals surface area contributed by atoms with Crippen LogP contribution in [0.3, 0.4) is 0 Å². The van der Waals surface area contributed by atoms with Crippen LogP contribution in [0, 0.1) is 5.92 Å². The van der Waals surface area contributed by atoms with Crippen molar-refractivity contribution in [1.82, 2.24) is 10.3 Å². The van der Waals surface area contributed by atoms with Gasteiger partial charge in [-0.05, 0) is 50.7 Å². The van der Waals surface area contributed by atoms with Crippen LogP contribution in [0.4, 0.5) is 6.01 Å². The Balaban J connectivity index is 1.51. The molecule has 1 amide bonds. The number of carbonyl (C=O) groups excluding carboxylic acids is 1. The number of piperidine rings is 1. The summed E-state index contributed by atoms with van der Waals surface area (Å²) in [5, 5.41) is 12.5. The summed E-state index contributed by atoms with van der Waals surface area (Å²) in [6.45, 7) is 5.48. The van der Waals surface area contributed by atoms with Crippen molar-refractivity contribution >= 4 is 23.0 Å². The van der Waals surface area contributed by atoms with Gasteiger partial charge in [0, 0.05) is 32.1 Å². The number of fused-ring (bicyclic) bond motifs is 1. The fourth-order valence-electron chi connectivity index (χ4n) is 3.35. The standard InChI is InChI=1S/C18H25N3O3/c1-12(19-13(2)22)3-4-14-7-9-21(10-8-14)18-20-16-6-5-15(23)11-17(16)24-18/h5-6,11-12,14,23H,3-4,7-10H2,1-2H3,(H,19,22). The van der Waals surface area contributed by atoms with E-state index in [0.717, 1.165) is 44.3 Å². The number of rotatable bonds is 5. The summed E-state index contributed by atoms with van der Waals surface area (Å²) in [5.41, 5.74) is 1.39. The van der Waals surface area contributed by atoms with E-state index in [-0.39, 0.29) is 17.7 Å². The topological polar surface area (TPSA) is 78.6 Å². The summed E-state index contributed by atoms with van der Waals surface area (Å²) in [5.74, 6) is 0.919. The molecular formula is C18H25N3O3. The second-order valence-corrected chi connectivity index (χ2v) is 6.76. The van der Waals surface area contributed by atoms with Crippen molar-refractivity contribution in [3.05, 3.63) is 18.2 Å². The lowest BCUT2D eigenvalue weighted by molar-refractivity contribution is -0.119. The van der Waals surface area contributed by atoms with Crippen LogP contribution in [-0.4, -0.2) is 35.1 Å². The van der Waals surface area contributed by atoms with Crippen molar-refractivity contribution in [3.8, 4) is 5.75 Å². The first kappa shape index (κ1) is 16.6. The molecule has 2 aromatic rings. The molecule has 1 atom stereocenters. The Bertz CT molecular complexity index is 705. The van der Waals surface area contributed by atoms with Gasteiger partial charge < -0.3 is 19.7 Å². The maximum atomic E-state index is 11.0. The molecule has 1 saturated heterocycles. The van der Waals surface area contributed by atoms with Crippen LogP contribution in [0.25, 0.3) is 11.1 Å². The number of aromatic nitrogens is 1. The molecule has 0 saturated carbocycles. The number of phenolic OH excluding ortho intramolecular Hbond substituents is 1. The van der Waals surface area contributed by atoms with Gasteiger partial charge in [0.1, 0.15) is 11.3 Å². The van der Waals surface area contributed by atoms with Gasteiger partial charge >= 0.3 is 0 Å². The molecule has 1 unspecified atom stereocenters. The highest BCUT2D eigenvalue weighted by Gasteiger charge is 2.23. The van der Waals surface area contributed by atoms with E-state index in [9.17, 15) is 9.90 Å². The molecular weight excluding hydrogens is 306 g/mol. The van der Waals surface area contributed by atoms with E-state index in [0.29, 0.717) is 17.5 Å². The molecule has 6 nitrogen and oxygen atoms in total. The minimum absolute atomic E-state index is 0.0410. The highest BCUT2D eigenvalue weighted by Crippen LogP contribution is 2.29. The van der Waals surface area contributed by atoms with Gasteiger partial charge in [-0.3, -0.25) is 4.79 Å². The molecule has 3 rings (SSSR count). The molecule has 1 aliphatic heterocycles. The molecule has 0 spiro atoms. The second kappa shape index (κ2) is 7.11. The molecule has 0 radical (unpaired) electrons. The number of hydrogen-bond acceptors (Lipinski definition) is 5. The van der Waals surface area contributed by atoms with E-state index in [1.54, 1.807) is 25.1 Å². The zero-order chi connectivity index (χ0) is 17.1. The number of oxazole rings is 1. The minimum Gasteiger partial charge on any atom is -0.508 e. The Kier molecular flexibility index (Phi) is 4.92. The number of aromatic hydroxyl groups is 1. The maximum Gasteiger partial charge on any atom is 0.298 e. The molecule has 1 fully saturated rings. The lowest BCUT2D eigenvalue weighted by Gasteiger charge is -2.31. The maximum absolute atomic E-state index is 11.0. The van der Waals surface area contributed by atoms with Crippen LogP contribution in [0.15, 0.2) is 22.6 Å². The lowest BCUT2D eigenvalue weighted by atomic mass is 9.91. The predicted octanol–water partition coefficient (Wildman–Crippen LogP) is 3.05. The molecule has 6 heteroatoms. The molecule has 2 N–H and O–H groups in total. The van der Waals surface area contributed by atoms with Crippen molar-refractivity contribution in [2.75, 3.05) is 18.0 Å². The number of nitrogens with zero attached hydrogens (tertiary/aromatic N) is 2. The van der Waals surface area contributed by atoms with Gasteiger partial charge in [0.25, 0.3) is 6.01 Å². The molecule has 2 heterocycles. The third-order valence-electron chi connectivity index (χ3n) is 4.70. The third-order valence-corrected chi connectivity index (χ3v) is 4.70. The SMILES string of the molecule is CC(=O)NC(C)CCC1CCN(c2nc3ccc(O)cc3o2)CC1. The van der Waals surface area contributed by atoms with Gasteiger partial charge in [0.05, 0.1) is 0 Å². The van der Waals surface area contributed by atoms with E-state index in [2.05, 4.69) is 22.1 Å². The van der Waals surface area contributed by atoms with E-state index >= 15 is 0 Å². The summed E-state index contributed by atoms with van der Waals surface area (Å²) in [6, 6.07) is 5.87. The zero-order valence-corrected chi connectivity index (χ0v) is 14.3. The number of benzene rings is 1. The lowest BCUT2D eigenvalue weighted by Crippen LogP contribution is -2.35. The van der Waals surface area contributed by atoms with Crippen molar-refractivity contribution in [1.29, 1.82) is 0 Å². The van der Waals surface area contributed by atoms with Crippen LogP contribution >= 0.6 is 0 Å². The van der Waals surface area contributed by atoms with Gasteiger partial charge in [0.2, 0.25) is 5.91 Å². The number of phenols is 1. The fraction of sp³-hybridized carbons (Fsp3) is 0.556. The first-order chi connectivity index (χ1) is 11.5. The molecule has 0 bridgehead atoms. The second-order valence-electron chi connectivity index (χ2n) is 6.76. The minimum atomic E-state index is 0.0410. The first-order valence-corrected chi connectivity index (χ1v) is 8.63. The largest absolute Gasteiger partial charge is 0.508 e. The van der Waals surface area contributed by atoms with Crippen LogP contribution in [0.5, 0.6) is 5.75 Å². The van der Waals surface area contributed by atoms with Crippen LogP contribution in [0.1, 0.15) is 39.5 Å². The molecule has 130 valence electrons. The van der Waals surface area contributed by atoms with Crippen molar-refractivity contribution in [3.63, 3.8) is 0 Å². The zero-order valence-electron chi connectivity index (χ0n) is 14.3. The molecule has 1 aromatic carbocycles. The fourth-order valence-corrected chi connectivity index (χ4v) is 3.35. The number of hydrogen-bond donors (Lipinski definition) is 2. The summed E-state index contributed by atoms with van der Waals surface area (Å²) in [4.78, 5) is 17.7. The van der Waals surface area contributed by atoms with Crippen molar-refractivity contribution < 1.29 is 14.3 Å². The highest BCUT2D eigenvalue weighted by atomic mass is 16.4. The monoisotopic (exact) mass is 331 g/mol. The molecule has 1 aromatic heterocycles. The quantitative estimate of drug-likeness (QED) is 0.880. The summed E-state index contributed by atoms with van der Waals surface area (Å²) >= 11 is 0. The molecule has 24 heavy (non-hydrogen) atoms. The van der Waals surface area contributed by atoms with Crippen molar-refractivity contribution in [2.24, 2.45) is 5.92 Å². The Morgan fingerprint density at radius 1 is 1.46 bits per heavy atom. The molecule has 0 aliphatic carbocycles. The Morgan fingerprint density at radius 2 is 2.21 bits per heavy atom. The van der Waals surface area contributed by atoms with Crippen LogP contribution in [0.2, 0.25) is 0 Å². The highest BCUT2D eigenvalue weighted by molar-refractivity contribution is 5.76. The number of anilines is 1. The number of amides is 1. The Labute approximate surface area is 141 Å². The normalized spacial score (nSPS) is 17.2. The average molecular weight is 331 g/mol. The van der Waals surface area contributed by atoms with E-state index in [4.69, 9.17) is 4.42 Å². The summed E-state index contributed by atoms with van der Waals surface area (Å²) in [7, 11) is 0. The Hall–Kier alpha value is -2.24. The van der Waals surface area contributed by atoms with Gasteiger partial charge in [-0.1, -0.05) is 0 Å². The van der Waals surface area contributed by atoms with Gasteiger partial charge in [0.15, 0.2) is 5.58 Å². The van der Waals surface area contributed by atoms with E-state index < -0.39 is 0 Å². The Morgan fingerprint density at radius 3 is 2.92 bits per heavy atom. The predicted molar refractivity (Wildman–Crippen MR) is 93.1 cm³/mol. The third kappa shape index (κ3) is 3.99. The van der Waals surface area contributed by atoms with Gasteiger partial charge in [-0.25, -0.2) is 0 Å². The average Bonchev–Trinajstić information content (AvgIpc) is 2.96. The van der Waals surface area contributed by atoms with E-state index in [1.807, 2.05) is 0 Å². The first-order valence-electron chi connectivity index (χ1n) is 8.63. The number of nitrogens with one attached hydrogen (secondary N) is 1. The molecule has 1 aliphatic rings.